The van der Waals surface area contributed by atoms with Crippen molar-refractivity contribution in [2.24, 2.45) is 5.73 Å². The fourth-order valence-electron chi connectivity index (χ4n) is 1.69. The first-order valence-corrected chi connectivity index (χ1v) is 6.03. The summed E-state index contributed by atoms with van der Waals surface area (Å²) in [6.45, 7) is 3.04. The van der Waals surface area contributed by atoms with E-state index in [-0.39, 0.29) is 0 Å². The van der Waals surface area contributed by atoms with E-state index < -0.39 is 0 Å². The summed E-state index contributed by atoms with van der Waals surface area (Å²) in [6, 6.07) is 5.59. The third-order valence-corrected chi connectivity index (χ3v) is 3.49. The van der Waals surface area contributed by atoms with E-state index >= 15 is 0 Å². The summed E-state index contributed by atoms with van der Waals surface area (Å²) in [5, 5.41) is 5.52. The average Bonchev–Trinajstić information content (AvgIpc) is 2.65. The maximum atomic E-state index is 6.13. The summed E-state index contributed by atoms with van der Waals surface area (Å²) in [5.74, 6) is 0. The molecule has 0 atom stereocenters. The van der Waals surface area contributed by atoms with Crippen LogP contribution in [0.25, 0.3) is 0 Å². The van der Waals surface area contributed by atoms with Gasteiger partial charge in [-0.15, -0.1) is 0 Å². The van der Waals surface area contributed by atoms with Gasteiger partial charge in [0.15, 0.2) is 0 Å². The Morgan fingerprint density at radius 2 is 2.06 bits per heavy atom. The van der Waals surface area contributed by atoms with Gasteiger partial charge in [-0.25, -0.2) is 0 Å². The standard InChI is InChI=1S/C12H13Cl2N3/c1-8-10(5-15)7-17(16-8)6-9-3-2-4-11(13)12(9)14/h2-4,7H,5-6,15H2,1H3. The van der Waals surface area contributed by atoms with Crippen LogP contribution in [0.4, 0.5) is 0 Å². The van der Waals surface area contributed by atoms with E-state index in [9.17, 15) is 0 Å². The molecule has 17 heavy (non-hydrogen) atoms. The molecule has 2 N–H and O–H groups in total. The third kappa shape index (κ3) is 2.63. The zero-order chi connectivity index (χ0) is 12.4. The monoisotopic (exact) mass is 269 g/mol. The van der Waals surface area contributed by atoms with E-state index in [1.807, 2.05) is 29.9 Å². The van der Waals surface area contributed by atoms with Crippen molar-refractivity contribution in [3.8, 4) is 0 Å². The fraction of sp³-hybridized carbons (Fsp3) is 0.250. The first-order chi connectivity index (χ1) is 8.11. The minimum atomic E-state index is 0.495. The SMILES string of the molecule is Cc1nn(Cc2cccc(Cl)c2Cl)cc1CN. The molecular weight excluding hydrogens is 257 g/mol. The predicted molar refractivity (Wildman–Crippen MR) is 70.4 cm³/mol. The van der Waals surface area contributed by atoms with Crippen LogP contribution >= 0.6 is 23.2 Å². The normalized spacial score (nSPS) is 10.8. The van der Waals surface area contributed by atoms with Crippen LogP contribution in [-0.4, -0.2) is 9.78 Å². The summed E-state index contributed by atoms with van der Waals surface area (Å²) in [4.78, 5) is 0. The second-order valence-corrected chi connectivity index (χ2v) is 4.64. The second-order valence-electron chi connectivity index (χ2n) is 3.85. The maximum Gasteiger partial charge on any atom is 0.0674 e. The van der Waals surface area contributed by atoms with Gasteiger partial charge in [-0.05, 0) is 18.6 Å². The van der Waals surface area contributed by atoms with Gasteiger partial charge in [0, 0.05) is 18.3 Å². The molecule has 0 radical (unpaired) electrons. The predicted octanol–water partition coefficient (Wildman–Crippen LogP) is 3.01. The van der Waals surface area contributed by atoms with Crippen LogP contribution in [0.5, 0.6) is 0 Å². The number of hydrogen-bond donors (Lipinski definition) is 1. The molecule has 0 bridgehead atoms. The molecule has 0 unspecified atom stereocenters. The Morgan fingerprint density at radius 1 is 1.29 bits per heavy atom. The molecule has 0 aliphatic carbocycles. The van der Waals surface area contributed by atoms with E-state index in [0.717, 1.165) is 16.8 Å². The molecule has 1 heterocycles. The highest BCUT2D eigenvalue weighted by molar-refractivity contribution is 6.42. The Kier molecular flexibility index (Phi) is 3.72. The molecule has 2 rings (SSSR count). The highest BCUT2D eigenvalue weighted by Gasteiger charge is 2.07. The van der Waals surface area contributed by atoms with Crippen LogP contribution < -0.4 is 5.73 Å². The largest absolute Gasteiger partial charge is 0.326 e. The molecule has 1 aromatic heterocycles. The van der Waals surface area contributed by atoms with Gasteiger partial charge in [0.2, 0.25) is 0 Å². The van der Waals surface area contributed by atoms with Crippen molar-refractivity contribution in [3.05, 3.63) is 51.3 Å². The summed E-state index contributed by atoms with van der Waals surface area (Å²) >= 11 is 12.1. The van der Waals surface area contributed by atoms with Crippen molar-refractivity contribution in [3.63, 3.8) is 0 Å². The Hall–Kier alpha value is -1.03. The van der Waals surface area contributed by atoms with E-state index in [2.05, 4.69) is 5.10 Å². The molecular formula is C12H13Cl2N3. The Balaban J connectivity index is 2.28. The van der Waals surface area contributed by atoms with Gasteiger partial charge < -0.3 is 5.73 Å². The number of aryl methyl sites for hydroxylation is 1. The highest BCUT2D eigenvalue weighted by Crippen LogP contribution is 2.26. The highest BCUT2D eigenvalue weighted by atomic mass is 35.5. The Morgan fingerprint density at radius 3 is 2.71 bits per heavy atom. The number of nitrogens with zero attached hydrogens (tertiary/aromatic N) is 2. The molecule has 0 spiro atoms. The quantitative estimate of drug-likeness (QED) is 0.931. The number of benzene rings is 1. The van der Waals surface area contributed by atoms with Crippen molar-refractivity contribution in [2.45, 2.75) is 20.0 Å². The molecule has 3 nitrogen and oxygen atoms in total. The van der Waals surface area contributed by atoms with Gasteiger partial charge in [0.05, 0.1) is 22.3 Å². The molecule has 5 heteroatoms. The lowest BCUT2D eigenvalue weighted by atomic mass is 10.2. The zero-order valence-electron chi connectivity index (χ0n) is 9.45. The fourth-order valence-corrected chi connectivity index (χ4v) is 2.07. The van der Waals surface area contributed by atoms with Crippen LogP contribution in [0.3, 0.4) is 0 Å². The van der Waals surface area contributed by atoms with Crippen molar-refractivity contribution in [1.29, 1.82) is 0 Å². The van der Waals surface area contributed by atoms with Gasteiger partial charge in [0.1, 0.15) is 0 Å². The molecule has 90 valence electrons. The number of aromatic nitrogens is 2. The van der Waals surface area contributed by atoms with Crippen molar-refractivity contribution >= 4 is 23.2 Å². The first kappa shape index (κ1) is 12.4. The zero-order valence-corrected chi connectivity index (χ0v) is 11.0. The van der Waals surface area contributed by atoms with Crippen molar-refractivity contribution in [1.82, 2.24) is 9.78 Å². The second kappa shape index (κ2) is 5.08. The molecule has 0 saturated carbocycles. The Labute approximate surface area is 110 Å². The number of hydrogen-bond acceptors (Lipinski definition) is 2. The van der Waals surface area contributed by atoms with Crippen molar-refractivity contribution < 1.29 is 0 Å². The van der Waals surface area contributed by atoms with E-state index in [0.29, 0.717) is 23.1 Å². The third-order valence-electron chi connectivity index (χ3n) is 2.63. The number of nitrogens with two attached hydrogens (primary N) is 1. The van der Waals surface area contributed by atoms with E-state index in [4.69, 9.17) is 28.9 Å². The summed E-state index contributed by atoms with van der Waals surface area (Å²) in [5.41, 5.74) is 8.55. The molecule has 0 fully saturated rings. The van der Waals surface area contributed by atoms with Gasteiger partial charge >= 0.3 is 0 Å². The lowest BCUT2D eigenvalue weighted by Gasteiger charge is -2.05. The minimum absolute atomic E-state index is 0.495. The van der Waals surface area contributed by atoms with Crippen LogP contribution in [0.2, 0.25) is 10.0 Å². The van der Waals surface area contributed by atoms with Gasteiger partial charge in [-0.1, -0.05) is 35.3 Å². The van der Waals surface area contributed by atoms with E-state index in [1.54, 1.807) is 6.07 Å². The lowest BCUT2D eigenvalue weighted by Crippen LogP contribution is -2.01. The van der Waals surface area contributed by atoms with Gasteiger partial charge in [-0.3, -0.25) is 4.68 Å². The summed E-state index contributed by atoms with van der Waals surface area (Å²) < 4.78 is 1.83. The van der Waals surface area contributed by atoms with E-state index in [1.165, 1.54) is 0 Å². The van der Waals surface area contributed by atoms with Crippen molar-refractivity contribution in [2.75, 3.05) is 0 Å². The molecule has 0 aliphatic heterocycles. The van der Waals surface area contributed by atoms with Gasteiger partial charge in [-0.2, -0.15) is 5.10 Å². The molecule has 0 aliphatic rings. The molecule has 0 amide bonds. The van der Waals surface area contributed by atoms with Crippen LogP contribution in [0, 0.1) is 6.92 Å². The summed E-state index contributed by atoms with van der Waals surface area (Å²) in [6.07, 6.45) is 1.94. The molecule has 2 aromatic rings. The summed E-state index contributed by atoms with van der Waals surface area (Å²) in [7, 11) is 0. The average molecular weight is 270 g/mol. The lowest BCUT2D eigenvalue weighted by molar-refractivity contribution is 0.679. The maximum absolute atomic E-state index is 6.13. The molecule has 1 aromatic carbocycles. The van der Waals surface area contributed by atoms with Crippen LogP contribution in [0.1, 0.15) is 16.8 Å². The first-order valence-electron chi connectivity index (χ1n) is 5.27. The Bertz CT molecular complexity index is 535. The minimum Gasteiger partial charge on any atom is -0.326 e. The number of halogens is 2. The van der Waals surface area contributed by atoms with Gasteiger partial charge in [0.25, 0.3) is 0 Å². The van der Waals surface area contributed by atoms with Crippen LogP contribution in [0.15, 0.2) is 24.4 Å². The van der Waals surface area contributed by atoms with Crippen LogP contribution in [-0.2, 0) is 13.1 Å². The number of rotatable bonds is 3. The molecule has 0 saturated heterocycles. The topological polar surface area (TPSA) is 43.8 Å². The smallest absolute Gasteiger partial charge is 0.0674 e.